The number of hydrogen-bond acceptors (Lipinski definition) is 5. The number of benzene rings is 2. The summed E-state index contributed by atoms with van der Waals surface area (Å²) < 4.78 is 34.4. The Morgan fingerprint density at radius 1 is 1.26 bits per heavy atom. The summed E-state index contributed by atoms with van der Waals surface area (Å²) in [6, 6.07) is 10.9. The molecule has 1 amide bonds. The molecule has 35 heavy (non-hydrogen) atoms. The first-order valence-corrected chi connectivity index (χ1v) is 13.9. The van der Waals surface area contributed by atoms with E-state index >= 15 is 0 Å². The lowest BCUT2D eigenvalue weighted by Crippen LogP contribution is -2.43. The van der Waals surface area contributed by atoms with Gasteiger partial charge in [-0.25, -0.2) is 13.1 Å². The molecule has 0 atom stereocenters. The van der Waals surface area contributed by atoms with Crippen LogP contribution in [0.5, 0.6) is 0 Å². The van der Waals surface area contributed by atoms with Gasteiger partial charge in [-0.3, -0.25) is 9.10 Å². The number of amides is 1. The molecule has 0 unspecified atom stereocenters. The predicted octanol–water partition coefficient (Wildman–Crippen LogP) is 4.11. The summed E-state index contributed by atoms with van der Waals surface area (Å²) in [7, 11) is -1.96. The quantitative estimate of drug-likeness (QED) is 0.486. The lowest BCUT2D eigenvalue weighted by molar-refractivity contribution is -0.104. The van der Waals surface area contributed by atoms with Crippen LogP contribution in [0.2, 0.25) is 5.02 Å². The number of fused-ring (bicyclic) bond motifs is 1. The summed E-state index contributed by atoms with van der Waals surface area (Å²) in [6.45, 7) is 3.76. The number of carbonyl (C=O) groups excluding carboxylic acids is 1. The number of ether oxygens (including phenoxy) is 1. The minimum atomic E-state index is -3.54. The molecule has 2 aromatic carbocycles. The first-order valence-electron chi connectivity index (χ1n) is 11.7. The molecule has 2 aliphatic rings. The molecule has 1 aliphatic carbocycles. The molecule has 0 spiro atoms. The zero-order valence-electron chi connectivity index (χ0n) is 20.0. The number of hydrogen-bond donors (Lipinski definition) is 1. The Morgan fingerprint density at radius 3 is 2.49 bits per heavy atom. The number of aromatic nitrogens is 2. The molecule has 3 aromatic rings. The monoisotopic (exact) mass is 516 g/mol. The van der Waals surface area contributed by atoms with Crippen LogP contribution in [0.3, 0.4) is 0 Å². The van der Waals surface area contributed by atoms with Crippen LogP contribution in [0.15, 0.2) is 36.4 Å². The van der Waals surface area contributed by atoms with Gasteiger partial charge < -0.3 is 10.1 Å². The van der Waals surface area contributed by atoms with Crippen molar-refractivity contribution in [3.05, 3.63) is 52.7 Å². The molecule has 1 saturated heterocycles. The van der Waals surface area contributed by atoms with Gasteiger partial charge in [-0.15, -0.1) is 0 Å². The third-order valence-electron chi connectivity index (χ3n) is 6.84. The van der Waals surface area contributed by atoms with E-state index in [9.17, 15) is 13.2 Å². The molecule has 1 saturated carbocycles. The standard InChI is InChI=1S/C25H29ClN4O4S/c1-25(14-34-15-25)10-11-29(35(3,32)33)22-13-21-20(12-19(22)16-4-5-16)23(24(31)27-2)30(28-21)18-8-6-17(26)7-9-18/h6-9,12-13,16H,4-5,10-11,14-15H2,1-3H3,(H,27,31). The van der Waals surface area contributed by atoms with Crippen LogP contribution in [0.4, 0.5) is 5.69 Å². The molecule has 0 bridgehead atoms. The smallest absolute Gasteiger partial charge is 0.270 e. The van der Waals surface area contributed by atoms with Crippen molar-refractivity contribution in [3.8, 4) is 5.69 Å². The fourth-order valence-electron chi connectivity index (χ4n) is 4.61. The highest BCUT2D eigenvalue weighted by Gasteiger charge is 2.36. The molecule has 1 aromatic heterocycles. The van der Waals surface area contributed by atoms with E-state index in [0.29, 0.717) is 59.2 Å². The molecule has 10 heteroatoms. The van der Waals surface area contributed by atoms with E-state index in [1.165, 1.54) is 10.6 Å². The number of rotatable bonds is 8. The number of nitrogens with one attached hydrogen (secondary N) is 1. The molecule has 1 N–H and O–H groups in total. The molecule has 5 rings (SSSR count). The first-order chi connectivity index (χ1) is 16.6. The second kappa shape index (κ2) is 8.80. The Hall–Kier alpha value is -2.62. The van der Waals surface area contributed by atoms with E-state index in [1.54, 1.807) is 36.0 Å². The van der Waals surface area contributed by atoms with Crippen LogP contribution in [-0.2, 0) is 14.8 Å². The van der Waals surface area contributed by atoms with E-state index in [-0.39, 0.29) is 17.2 Å². The molecule has 8 nitrogen and oxygen atoms in total. The Balaban J connectivity index is 1.67. The fraction of sp³-hybridized carbons (Fsp3) is 0.440. The predicted molar refractivity (Wildman–Crippen MR) is 137 cm³/mol. The molecule has 2 fully saturated rings. The van der Waals surface area contributed by atoms with E-state index in [1.807, 2.05) is 12.1 Å². The number of nitrogens with zero attached hydrogens (tertiary/aromatic N) is 3. The Kier molecular flexibility index (Phi) is 6.05. The summed E-state index contributed by atoms with van der Waals surface area (Å²) in [5.74, 6) is -0.00693. The maximum Gasteiger partial charge on any atom is 0.270 e. The lowest BCUT2D eigenvalue weighted by atomic mass is 9.85. The van der Waals surface area contributed by atoms with Crippen LogP contribution in [-0.4, -0.2) is 57.2 Å². The molecule has 186 valence electrons. The minimum absolute atomic E-state index is 0.0185. The van der Waals surface area contributed by atoms with Crippen molar-refractivity contribution in [1.82, 2.24) is 15.1 Å². The van der Waals surface area contributed by atoms with Gasteiger partial charge in [-0.1, -0.05) is 18.5 Å². The molecule has 1 aliphatic heterocycles. The third-order valence-corrected chi connectivity index (χ3v) is 8.27. The van der Waals surface area contributed by atoms with Gasteiger partial charge in [0.15, 0.2) is 0 Å². The average Bonchev–Trinajstić information content (AvgIpc) is 3.57. The number of halogens is 1. The Labute approximate surface area is 210 Å². The highest BCUT2D eigenvalue weighted by molar-refractivity contribution is 7.92. The largest absolute Gasteiger partial charge is 0.380 e. The van der Waals surface area contributed by atoms with Gasteiger partial charge in [0, 0.05) is 29.4 Å². The second-order valence-electron chi connectivity index (χ2n) is 9.91. The summed E-state index contributed by atoms with van der Waals surface area (Å²) in [6.07, 6.45) is 3.92. The van der Waals surface area contributed by atoms with Crippen molar-refractivity contribution in [2.75, 3.05) is 37.4 Å². The summed E-state index contributed by atoms with van der Waals surface area (Å²) in [5, 5.41) is 8.72. The van der Waals surface area contributed by atoms with Gasteiger partial charge >= 0.3 is 0 Å². The average molecular weight is 517 g/mol. The normalized spacial score (nSPS) is 17.3. The molecule has 0 radical (unpaired) electrons. The SMILES string of the molecule is CNC(=O)c1c2cc(C3CC3)c(N(CCC3(C)COC3)S(C)(=O)=O)cc2nn1-c1ccc(Cl)cc1. The number of anilines is 1. The summed E-state index contributed by atoms with van der Waals surface area (Å²) in [5.41, 5.74) is 3.23. The van der Waals surface area contributed by atoms with Crippen molar-refractivity contribution in [3.63, 3.8) is 0 Å². The zero-order chi connectivity index (χ0) is 25.0. The fourth-order valence-corrected chi connectivity index (χ4v) is 5.68. The highest BCUT2D eigenvalue weighted by Crippen LogP contribution is 2.47. The minimum Gasteiger partial charge on any atom is -0.380 e. The third kappa shape index (κ3) is 4.64. The summed E-state index contributed by atoms with van der Waals surface area (Å²) >= 11 is 6.07. The summed E-state index contributed by atoms with van der Waals surface area (Å²) in [4.78, 5) is 13.0. The van der Waals surface area contributed by atoms with Gasteiger partial charge in [0.1, 0.15) is 5.69 Å². The maximum absolute atomic E-state index is 13.0. The van der Waals surface area contributed by atoms with E-state index < -0.39 is 10.0 Å². The van der Waals surface area contributed by atoms with Gasteiger partial charge in [-0.05, 0) is 67.1 Å². The van der Waals surface area contributed by atoms with E-state index in [4.69, 9.17) is 21.4 Å². The number of sulfonamides is 1. The van der Waals surface area contributed by atoms with E-state index in [0.717, 1.165) is 18.4 Å². The van der Waals surface area contributed by atoms with Crippen molar-refractivity contribution >= 4 is 44.1 Å². The Bertz CT molecular complexity index is 1390. The number of carbonyl (C=O) groups is 1. The maximum atomic E-state index is 13.0. The molecular weight excluding hydrogens is 488 g/mol. The van der Waals surface area contributed by atoms with Crippen LogP contribution in [0.1, 0.15) is 48.2 Å². The van der Waals surface area contributed by atoms with Gasteiger partial charge in [0.05, 0.1) is 36.4 Å². The van der Waals surface area contributed by atoms with Gasteiger partial charge in [0.25, 0.3) is 5.91 Å². The highest BCUT2D eigenvalue weighted by atomic mass is 35.5. The van der Waals surface area contributed by atoms with Crippen molar-refractivity contribution in [2.24, 2.45) is 5.41 Å². The first kappa shape index (κ1) is 24.1. The Morgan fingerprint density at radius 2 is 1.94 bits per heavy atom. The van der Waals surface area contributed by atoms with Crippen LogP contribution >= 0.6 is 11.6 Å². The molecule has 2 heterocycles. The van der Waals surface area contributed by atoms with Gasteiger partial charge in [-0.2, -0.15) is 5.10 Å². The van der Waals surface area contributed by atoms with E-state index in [2.05, 4.69) is 12.2 Å². The van der Waals surface area contributed by atoms with Crippen LogP contribution in [0.25, 0.3) is 16.6 Å². The topological polar surface area (TPSA) is 93.5 Å². The van der Waals surface area contributed by atoms with Crippen LogP contribution in [0, 0.1) is 5.41 Å². The second-order valence-corrected chi connectivity index (χ2v) is 12.3. The molecular formula is C25H29ClN4O4S. The zero-order valence-corrected chi connectivity index (χ0v) is 21.6. The van der Waals surface area contributed by atoms with Crippen molar-refractivity contribution in [1.29, 1.82) is 0 Å². The van der Waals surface area contributed by atoms with Crippen molar-refractivity contribution < 1.29 is 17.9 Å². The van der Waals surface area contributed by atoms with Crippen molar-refractivity contribution in [2.45, 2.75) is 32.1 Å². The van der Waals surface area contributed by atoms with Gasteiger partial charge in [0.2, 0.25) is 10.0 Å². The lowest BCUT2D eigenvalue weighted by Gasteiger charge is -2.39. The van der Waals surface area contributed by atoms with Crippen LogP contribution < -0.4 is 9.62 Å².